The van der Waals surface area contributed by atoms with E-state index in [0.29, 0.717) is 19.7 Å². The Kier molecular flexibility index (Phi) is 4.57. The van der Waals surface area contributed by atoms with Crippen LogP contribution in [0.4, 0.5) is 5.82 Å². The lowest BCUT2D eigenvalue weighted by atomic mass is 9.96. The summed E-state index contributed by atoms with van der Waals surface area (Å²) < 4.78 is 5.07. The maximum atomic E-state index is 12.3. The van der Waals surface area contributed by atoms with Crippen molar-refractivity contribution in [2.75, 3.05) is 44.8 Å². The Hall–Kier alpha value is -1.69. The number of fused-ring (bicyclic) bond motifs is 1. The number of anilines is 1. The molecule has 1 aromatic rings. The molecule has 1 aromatic heterocycles. The molecule has 0 spiro atoms. The monoisotopic (exact) mass is 304 g/mol. The number of hydrogen-bond acceptors (Lipinski definition) is 5. The Morgan fingerprint density at radius 1 is 1.18 bits per heavy atom. The number of ether oxygens (including phenoxy) is 1. The number of amides is 1. The summed E-state index contributed by atoms with van der Waals surface area (Å²) in [5.74, 6) is 1.95. The van der Waals surface area contributed by atoms with Crippen LogP contribution in [0.15, 0.2) is 0 Å². The van der Waals surface area contributed by atoms with Gasteiger partial charge < -0.3 is 14.5 Å². The first kappa shape index (κ1) is 15.2. The van der Waals surface area contributed by atoms with Gasteiger partial charge in [0.1, 0.15) is 11.6 Å². The molecule has 0 atom stereocenters. The Labute approximate surface area is 131 Å². The van der Waals surface area contributed by atoms with E-state index in [0.717, 1.165) is 37.6 Å². The minimum atomic E-state index is 0.157. The van der Waals surface area contributed by atoms with Gasteiger partial charge in [-0.3, -0.25) is 4.79 Å². The molecule has 120 valence electrons. The number of aromatic nitrogens is 2. The molecule has 2 aliphatic rings. The number of piperazine rings is 1. The number of nitrogens with zero attached hydrogens (tertiary/aromatic N) is 4. The minimum absolute atomic E-state index is 0.157. The van der Waals surface area contributed by atoms with Crippen molar-refractivity contribution in [1.82, 2.24) is 14.9 Å². The van der Waals surface area contributed by atoms with Crippen molar-refractivity contribution >= 4 is 11.7 Å². The van der Waals surface area contributed by atoms with E-state index < -0.39 is 0 Å². The van der Waals surface area contributed by atoms with Crippen molar-refractivity contribution in [2.45, 2.75) is 32.6 Å². The largest absolute Gasteiger partial charge is 0.383 e. The van der Waals surface area contributed by atoms with Crippen molar-refractivity contribution in [1.29, 1.82) is 0 Å². The summed E-state index contributed by atoms with van der Waals surface area (Å²) in [4.78, 5) is 25.6. The van der Waals surface area contributed by atoms with Gasteiger partial charge >= 0.3 is 0 Å². The molecule has 1 fully saturated rings. The second-order valence-electron chi connectivity index (χ2n) is 6.02. The van der Waals surface area contributed by atoms with Crippen LogP contribution >= 0.6 is 0 Å². The maximum Gasteiger partial charge on any atom is 0.242 e. The number of hydrogen-bond donors (Lipinski definition) is 0. The van der Waals surface area contributed by atoms with Gasteiger partial charge in [0.25, 0.3) is 0 Å². The van der Waals surface area contributed by atoms with E-state index in [-0.39, 0.29) is 5.91 Å². The first-order valence-corrected chi connectivity index (χ1v) is 8.07. The molecule has 3 rings (SSSR count). The molecule has 6 heteroatoms. The molecule has 0 N–H and O–H groups in total. The molecule has 0 radical (unpaired) electrons. The van der Waals surface area contributed by atoms with Crippen LogP contribution < -0.4 is 4.90 Å². The third-order valence-corrected chi connectivity index (χ3v) is 4.46. The topological polar surface area (TPSA) is 58.6 Å². The highest BCUT2D eigenvalue weighted by Crippen LogP contribution is 2.28. The quantitative estimate of drug-likeness (QED) is 0.829. The van der Waals surface area contributed by atoms with Crippen molar-refractivity contribution in [3.63, 3.8) is 0 Å². The lowest BCUT2D eigenvalue weighted by molar-refractivity contribution is -0.131. The van der Waals surface area contributed by atoms with Crippen LogP contribution in [0.25, 0.3) is 0 Å². The Morgan fingerprint density at radius 2 is 2.00 bits per heavy atom. The molecule has 0 unspecified atom stereocenters. The molecule has 0 aromatic carbocycles. The molecule has 6 nitrogen and oxygen atoms in total. The zero-order chi connectivity index (χ0) is 15.5. The fourth-order valence-electron chi connectivity index (χ4n) is 3.28. The Balaban J connectivity index is 1.78. The molecule has 1 aliphatic carbocycles. The summed E-state index contributed by atoms with van der Waals surface area (Å²) in [6, 6.07) is 0. The average Bonchev–Trinajstić information content (AvgIpc) is 2.53. The lowest BCUT2D eigenvalue weighted by Gasteiger charge is -2.36. The van der Waals surface area contributed by atoms with E-state index >= 15 is 0 Å². The SMILES string of the molecule is COCCN1CCN(c2nc(C)nc3c2CCCC3)CC1=O. The van der Waals surface area contributed by atoms with Gasteiger partial charge in [-0.15, -0.1) is 0 Å². The van der Waals surface area contributed by atoms with Crippen LogP contribution in [0, 0.1) is 6.92 Å². The minimum Gasteiger partial charge on any atom is -0.383 e. The highest BCUT2D eigenvalue weighted by molar-refractivity contribution is 5.82. The van der Waals surface area contributed by atoms with Gasteiger partial charge in [-0.05, 0) is 32.6 Å². The van der Waals surface area contributed by atoms with E-state index in [1.165, 1.54) is 24.1 Å². The molecule has 1 saturated heterocycles. The van der Waals surface area contributed by atoms with E-state index in [1.54, 1.807) is 7.11 Å². The van der Waals surface area contributed by atoms with Gasteiger partial charge in [0.05, 0.1) is 13.2 Å². The predicted molar refractivity (Wildman–Crippen MR) is 84.1 cm³/mol. The van der Waals surface area contributed by atoms with Crippen molar-refractivity contribution < 1.29 is 9.53 Å². The third-order valence-electron chi connectivity index (χ3n) is 4.46. The maximum absolute atomic E-state index is 12.3. The molecular weight excluding hydrogens is 280 g/mol. The van der Waals surface area contributed by atoms with E-state index in [9.17, 15) is 4.79 Å². The van der Waals surface area contributed by atoms with Crippen LogP contribution in [0.3, 0.4) is 0 Å². The van der Waals surface area contributed by atoms with Gasteiger partial charge in [0, 0.05) is 38.0 Å². The van der Waals surface area contributed by atoms with Crippen LogP contribution in [-0.2, 0) is 22.4 Å². The standard InChI is InChI=1S/C16H24N4O2/c1-12-17-14-6-4-3-5-13(14)16(18-12)20-8-7-19(9-10-22-2)15(21)11-20/h3-11H2,1-2H3. The van der Waals surface area contributed by atoms with E-state index in [2.05, 4.69) is 14.9 Å². The summed E-state index contributed by atoms with van der Waals surface area (Å²) in [7, 11) is 1.66. The zero-order valence-electron chi connectivity index (χ0n) is 13.5. The Morgan fingerprint density at radius 3 is 2.77 bits per heavy atom. The van der Waals surface area contributed by atoms with Crippen LogP contribution in [0.5, 0.6) is 0 Å². The predicted octanol–water partition coefficient (Wildman–Crippen LogP) is 0.959. The highest BCUT2D eigenvalue weighted by atomic mass is 16.5. The van der Waals surface area contributed by atoms with Crippen molar-refractivity contribution in [3.8, 4) is 0 Å². The summed E-state index contributed by atoms with van der Waals surface area (Å²) in [6.45, 7) is 5.18. The lowest BCUT2D eigenvalue weighted by Crippen LogP contribution is -2.51. The van der Waals surface area contributed by atoms with Gasteiger partial charge in [-0.25, -0.2) is 9.97 Å². The first-order chi connectivity index (χ1) is 10.7. The van der Waals surface area contributed by atoms with Gasteiger partial charge in [0.2, 0.25) is 5.91 Å². The zero-order valence-corrected chi connectivity index (χ0v) is 13.5. The molecule has 22 heavy (non-hydrogen) atoms. The number of carbonyl (C=O) groups excluding carboxylic acids is 1. The van der Waals surface area contributed by atoms with E-state index in [4.69, 9.17) is 4.74 Å². The fourth-order valence-corrected chi connectivity index (χ4v) is 3.28. The number of aryl methyl sites for hydroxylation is 2. The highest BCUT2D eigenvalue weighted by Gasteiger charge is 2.28. The Bertz CT molecular complexity index is 561. The summed E-state index contributed by atoms with van der Waals surface area (Å²) in [5, 5.41) is 0. The summed E-state index contributed by atoms with van der Waals surface area (Å²) >= 11 is 0. The normalized spacial score (nSPS) is 18.5. The van der Waals surface area contributed by atoms with Gasteiger partial charge in [0.15, 0.2) is 0 Å². The third kappa shape index (κ3) is 3.06. The molecule has 1 aliphatic heterocycles. The molecule has 0 bridgehead atoms. The number of carbonyl (C=O) groups is 1. The smallest absolute Gasteiger partial charge is 0.242 e. The number of methoxy groups -OCH3 is 1. The summed E-state index contributed by atoms with van der Waals surface area (Å²) in [6.07, 6.45) is 4.46. The number of rotatable bonds is 4. The molecule has 0 saturated carbocycles. The molecule has 1 amide bonds. The van der Waals surface area contributed by atoms with Crippen molar-refractivity contribution in [2.24, 2.45) is 0 Å². The van der Waals surface area contributed by atoms with Gasteiger partial charge in [-0.2, -0.15) is 0 Å². The second-order valence-corrected chi connectivity index (χ2v) is 6.02. The average molecular weight is 304 g/mol. The van der Waals surface area contributed by atoms with Crippen LogP contribution in [0.1, 0.15) is 29.9 Å². The van der Waals surface area contributed by atoms with Gasteiger partial charge in [-0.1, -0.05) is 0 Å². The second kappa shape index (κ2) is 6.60. The van der Waals surface area contributed by atoms with Crippen LogP contribution in [-0.4, -0.2) is 60.7 Å². The van der Waals surface area contributed by atoms with Crippen molar-refractivity contribution in [3.05, 3.63) is 17.1 Å². The summed E-state index contributed by atoms with van der Waals surface area (Å²) in [5.41, 5.74) is 2.44. The first-order valence-electron chi connectivity index (χ1n) is 8.07. The molecule has 2 heterocycles. The van der Waals surface area contributed by atoms with Crippen LogP contribution in [0.2, 0.25) is 0 Å². The fraction of sp³-hybridized carbons (Fsp3) is 0.688. The van der Waals surface area contributed by atoms with E-state index in [1.807, 2.05) is 11.8 Å². The molecular formula is C16H24N4O2.